The summed E-state index contributed by atoms with van der Waals surface area (Å²) in [6, 6.07) is 2.53. The van der Waals surface area contributed by atoms with E-state index in [0.29, 0.717) is 18.4 Å². The van der Waals surface area contributed by atoms with Gasteiger partial charge < -0.3 is 25.3 Å². The van der Waals surface area contributed by atoms with Gasteiger partial charge in [0, 0.05) is 19.3 Å². The molecule has 0 bridgehead atoms. The van der Waals surface area contributed by atoms with Crippen LogP contribution in [-0.4, -0.2) is 43.3 Å². The second-order valence-electron chi connectivity index (χ2n) is 8.46. The lowest BCUT2D eigenvalue weighted by molar-refractivity contribution is -0.140. The van der Waals surface area contributed by atoms with Crippen molar-refractivity contribution >= 4 is 18.0 Å². The van der Waals surface area contributed by atoms with E-state index in [1.165, 1.54) is 13.2 Å². The van der Waals surface area contributed by atoms with Crippen molar-refractivity contribution in [2.75, 3.05) is 13.7 Å². The molecule has 0 heterocycles. The van der Waals surface area contributed by atoms with Crippen molar-refractivity contribution in [1.82, 2.24) is 5.32 Å². The molecule has 0 radical (unpaired) electrons. The first-order chi connectivity index (χ1) is 15.4. The number of nitrogens with one attached hydrogen (secondary N) is 1. The highest BCUT2D eigenvalue weighted by Crippen LogP contribution is 2.23. The number of aryl methyl sites for hydroxylation is 1. The SMILES string of the molecule is COC(=O)CCCC#Cc1c(C)ccc(OC[C@H](CCC(N)=O)NC(=O)OC(C)(C)C)c1F. The van der Waals surface area contributed by atoms with Crippen LogP contribution in [0.1, 0.15) is 64.0 Å². The molecule has 8 nitrogen and oxygen atoms in total. The van der Waals surface area contributed by atoms with Crippen molar-refractivity contribution in [2.45, 2.75) is 71.4 Å². The van der Waals surface area contributed by atoms with Crippen molar-refractivity contribution in [3.05, 3.63) is 29.1 Å². The van der Waals surface area contributed by atoms with Gasteiger partial charge in [0.1, 0.15) is 12.2 Å². The number of carbonyl (C=O) groups excluding carboxylic acids is 3. The van der Waals surface area contributed by atoms with Crippen LogP contribution in [-0.2, 0) is 19.1 Å². The lowest BCUT2D eigenvalue weighted by Gasteiger charge is -2.23. The standard InChI is InChI=1S/C24H33FN2O6/c1-16-11-13-19(22(25)18(16)9-7-6-8-10-21(29)31-5)32-15-17(12-14-20(26)28)27-23(30)33-24(2,3)4/h11,13,17H,6,8,10,12,14-15H2,1-5H3,(H2,26,28)(H,27,30)/t17-/m0/s1. The molecule has 0 aliphatic rings. The topological polar surface area (TPSA) is 117 Å². The van der Waals surface area contributed by atoms with E-state index in [9.17, 15) is 18.8 Å². The van der Waals surface area contributed by atoms with Crippen LogP contribution in [0, 0.1) is 24.6 Å². The number of esters is 1. The maximum atomic E-state index is 15.0. The molecular formula is C24H33FN2O6. The zero-order valence-electron chi connectivity index (χ0n) is 19.9. The minimum Gasteiger partial charge on any atom is -0.488 e. The first-order valence-corrected chi connectivity index (χ1v) is 10.7. The van der Waals surface area contributed by atoms with Gasteiger partial charge in [-0.2, -0.15) is 0 Å². The Bertz CT molecular complexity index is 899. The summed E-state index contributed by atoms with van der Waals surface area (Å²) in [4.78, 5) is 34.4. The molecule has 33 heavy (non-hydrogen) atoms. The van der Waals surface area contributed by atoms with Crippen molar-refractivity contribution in [2.24, 2.45) is 5.73 Å². The molecule has 0 aliphatic carbocycles. The first kappa shape index (κ1) is 27.8. The van der Waals surface area contributed by atoms with E-state index in [1.807, 2.05) is 0 Å². The molecule has 0 aliphatic heterocycles. The van der Waals surface area contributed by atoms with Crippen LogP contribution in [0.4, 0.5) is 9.18 Å². The second kappa shape index (κ2) is 13.3. The van der Waals surface area contributed by atoms with Crippen molar-refractivity contribution in [3.63, 3.8) is 0 Å². The maximum Gasteiger partial charge on any atom is 0.407 e. The Hall–Kier alpha value is -3.28. The fourth-order valence-electron chi connectivity index (χ4n) is 2.67. The van der Waals surface area contributed by atoms with Crippen LogP contribution in [0.25, 0.3) is 0 Å². The molecule has 0 saturated heterocycles. The second-order valence-corrected chi connectivity index (χ2v) is 8.46. The number of carbonyl (C=O) groups is 3. The van der Waals surface area contributed by atoms with Gasteiger partial charge in [-0.15, -0.1) is 0 Å². The van der Waals surface area contributed by atoms with Gasteiger partial charge in [0.05, 0.1) is 18.7 Å². The smallest absolute Gasteiger partial charge is 0.407 e. The normalized spacial score (nSPS) is 11.6. The fourth-order valence-corrected chi connectivity index (χ4v) is 2.67. The summed E-state index contributed by atoms with van der Waals surface area (Å²) in [5.74, 6) is 4.14. The third kappa shape index (κ3) is 11.2. The van der Waals surface area contributed by atoms with E-state index in [-0.39, 0.29) is 43.2 Å². The Morgan fingerprint density at radius 2 is 1.91 bits per heavy atom. The van der Waals surface area contributed by atoms with Crippen molar-refractivity contribution in [3.8, 4) is 17.6 Å². The number of hydrogen-bond acceptors (Lipinski definition) is 6. The van der Waals surface area contributed by atoms with Gasteiger partial charge in [-0.25, -0.2) is 9.18 Å². The molecule has 182 valence electrons. The highest BCUT2D eigenvalue weighted by atomic mass is 19.1. The number of benzene rings is 1. The van der Waals surface area contributed by atoms with E-state index in [1.54, 1.807) is 33.8 Å². The van der Waals surface area contributed by atoms with E-state index in [4.69, 9.17) is 15.2 Å². The molecular weight excluding hydrogens is 431 g/mol. The van der Waals surface area contributed by atoms with Gasteiger partial charge in [0.25, 0.3) is 0 Å². The summed E-state index contributed by atoms with van der Waals surface area (Å²) >= 11 is 0. The number of primary amides is 1. The molecule has 1 atom stereocenters. The molecule has 0 fully saturated rings. The Kier molecular flexibility index (Phi) is 11.2. The minimum atomic E-state index is -0.702. The molecule has 0 saturated carbocycles. The fraction of sp³-hybridized carbons (Fsp3) is 0.542. The predicted octanol–water partition coefficient (Wildman–Crippen LogP) is 3.37. The number of alkyl carbamates (subject to hydrolysis) is 1. The third-order valence-electron chi connectivity index (χ3n) is 4.34. The molecule has 2 amide bonds. The lowest BCUT2D eigenvalue weighted by atomic mass is 10.1. The Balaban J connectivity index is 2.86. The van der Waals surface area contributed by atoms with Crippen LogP contribution in [0.3, 0.4) is 0 Å². The van der Waals surface area contributed by atoms with E-state index >= 15 is 0 Å². The number of unbranched alkanes of at least 4 members (excludes halogenated alkanes) is 1. The largest absolute Gasteiger partial charge is 0.488 e. The van der Waals surface area contributed by atoms with E-state index in [0.717, 1.165) is 0 Å². The molecule has 9 heteroatoms. The van der Waals surface area contributed by atoms with E-state index in [2.05, 4.69) is 21.9 Å². The monoisotopic (exact) mass is 464 g/mol. The van der Waals surface area contributed by atoms with Crippen LogP contribution in [0.15, 0.2) is 12.1 Å². The average Bonchev–Trinajstić information content (AvgIpc) is 2.71. The van der Waals surface area contributed by atoms with Crippen LogP contribution >= 0.6 is 0 Å². The number of amides is 2. The van der Waals surface area contributed by atoms with Crippen molar-refractivity contribution < 1.29 is 33.0 Å². The Labute approximate surface area is 194 Å². The van der Waals surface area contributed by atoms with E-state index < -0.39 is 29.5 Å². The lowest BCUT2D eigenvalue weighted by Crippen LogP contribution is -2.42. The highest BCUT2D eigenvalue weighted by Gasteiger charge is 2.21. The van der Waals surface area contributed by atoms with Crippen molar-refractivity contribution in [1.29, 1.82) is 0 Å². The molecule has 1 aromatic carbocycles. The van der Waals surface area contributed by atoms with Crippen LogP contribution < -0.4 is 15.8 Å². The van der Waals surface area contributed by atoms with Crippen LogP contribution in [0.5, 0.6) is 5.75 Å². The number of rotatable bonds is 10. The molecule has 1 rings (SSSR count). The van der Waals surface area contributed by atoms with Gasteiger partial charge in [0.2, 0.25) is 5.91 Å². The quantitative estimate of drug-likeness (QED) is 0.312. The average molecular weight is 465 g/mol. The number of hydrogen-bond donors (Lipinski definition) is 2. The van der Waals surface area contributed by atoms with Gasteiger partial charge in [0.15, 0.2) is 11.6 Å². The molecule has 1 aromatic rings. The Morgan fingerprint density at radius 3 is 2.52 bits per heavy atom. The first-order valence-electron chi connectivity index (χ1n) is 10.7. The predicted molar refractivity (Wildman–Crippen MR) is 121 cm³/mol. The van der Waals surface area contributed by atoms with Gasteiger partial charge in [-0.1, -0.05) is 17.9 Å². The summed E-state index contributed by atoms with van der Waals surface area (Å²) in [6.07, 6.45) is 0.705. The van der Waals surface area contributed by atoms with Gasteiger partial charge in [-0.3, -0.25) is 9.59 Å². The molecule has 0 spiro atoms. The summed E-state index contributed by atoms with van der Waals surface area (Å²) in [6.45, 7) is 6.80. The molecule has 0 unspecified atom stereocenters. The summed E-state index contributed by atoms with van der Waals surface area (Å²) < 4.78 is 30.4. The minimum absolute atomic E-state index is 0.0164. The molecule has 3 N–H and O–H groups in total. The summed E-state index contributed by atoms with van der Waals surface area (Å²) in [7, 11) is 1.32. The maximum absolute atomic E-state index is 15.0. The van der Waals surface area contributed by atoms with Gasteiger partial charge >= 0.3 is 12.1 Å². The Morgan fingerprint density at radius 1 is 1.21 bits per heavy atom. The summed E-state index contributed by atoms with van der Waals surface area (Å²) in [5, 5.41) is 2.62. The molecule has 0 aromatic heterocycles. The number of halogens is 1. The highest BCUT2D eigenvalue weighted by molar-refractivity contribution is 5.74. The summed E-state index contributed by atoms with van der Waals surface area (Å²) in [5.41, 5.74) is 5.34. The number of ether oxygens (including phenoxy) is 3. The number of methoxy groups -OCH3 is 1. The zero-order chi connectivity index (χ0) is 25.0. The van der Waals surface area contributed by atoms with Crippen LogP contribution in [0.2, 0.25) is 0 Å². The number of nitrogens with two attached hydrogens (primary N) is 1. The van der Waals surface area contributed by atoms with Gasteiger partial charge in [-0.05, 0) is 52.2 Å². The zero-order valence-corrected chi connectivity index (χ0v) is 19.9. The third-order valence-corrected chi connectivity index (χ3v) is 4.34.